The van der Waals surface area contributed by atoms with Gasteiger partial charge in [0.1, 0.15) is 5.82 Å². The van der Waals surface area contributed by atoms with Crippen molar-refractivity contribution in [2.45, 2.75) is 6.54 Å². The molecule has 0 spiro atoms. The highest BCUT2D eigenvalue weighted by atomic mass is 19.2. The molecule has 9 heteroatoms. The van der Waals surface area contributed by atoms with Gasteiger partial charge in [0.05, 0.1) is 5.56 Å². The summed E-state index contributed by atoms with van der Waals surface area (Å²) < 4.78 is 39.4. The summed E-state index contributed by atoms with van der Waals surface area (Å²) in [4.78, 5) is 26.8. The highest BCUT2D eigenvalue weighted by molar-refractivity contribution is 6.03. The van der Waals surface area contributed by atoms with Gasteiger partial charge >= 0.3 is 6.03 Å². The second-order valence-electron chi connectivity index (χ2n) is 7.14. The number of rotatable bonds is 6. The van der Waals surface area contributed by atoms with Gasteiger partial charge in [-0.2, -0.15) is 0 Å². The standard InChI is InChI=1S/C23H21F3N4O2/c1-30(2)21-10-8-16(28-23(32)29-17-7-9-19(25)20(26)12-17)11-18(21)22(31)27-13-14-3-5-15(24)6-4-14/h3-12H,13H2,1-2H3,(H,27,31)(H2,28,29,32). The lowest BCUT2D eigenvalue weighted by Crippen LogP contribution is -2.26. The molecular formula is C23H21F3N4O2. The number of nitrogens with zero attached hydrogens (tertiary/aromatic N) is 1. The fourth-order valence-corrected chi connectivity index (χ4v) is 2.93. The van der Waals surface area contributed by atoms with Gasteiger partial charge in [-0.1, -0.05) is 12.1 Å². The van der Waals surface area contributed by atoms with Crippen molar-refractivity contribution in [2.75, 3.05) is 29.6 Å². The minimum absolute atomic E-state index is 0.0728. The Kier molecular flexibility index (Phi) is 6.99. The monoisotopic (exact) mass is 442 g/mol. The van der Waals surface area contributed by atoms with Gasteiger partial charge in [0.2, 0.25) is 0 Å². The van der Waals surface area contributed by atoms with E-state index in [4.69, 9.17) is 0 Å². The topological polar surface area (TPSA) is 73.5 Å². The van der Waals surface area contributed by atoms with Crippen LogP contribution in [0.2, 0.25) is 0 Å². The van der Waals surface area contributed by atoms with Crippen LogP contribution in [0.25, 0.3) is 0 Å². The van der Waals surface area contributed by atoms with Crippen LogP contribution in [0.5, 0.6) is 0 Å². The first kappa shape index (κ1) is 22.7. The predicted molar refractivity (Wildman–Crippen MR) is 117 cm³/mol. The minimum atomic E-state index is -1.08. The molecular weight excluding hydrogens is 421 g/mol. The molecule has 3 amide bonds. The van der Waals surface area contributed by atoms with E-state index in [1.54, 1.807) is 43.3 Å². The van der Waals surface area contributed by atoms with E-state index in [1.807, 2.05) is 0 Å². The lowest BCUT2D eigenvalue weighted by atomic mass is 10.1. The van der Waals surface area contributed by atoms with Crippen molar-refractivity contribution in [3.8, 4) is 0 Å². The lowest BCUT2D eigenvalue weighted by Gasteiger charge is -2.19. The molecule has 0 atom stereocenters. The number of anilines is 3. The molecule has 0 unspecified atom stereocenters. The molecule has 0 radical (unpaired) electrons. The van der Waals surface area contributed by atoms with Crippen LogP contribution in [-0.2, 0) is 6.54 Å². The zero-order valence-electron chi connectivity index (χ0n) is 17.4. The Bertz CT molecular complexity index is 1130. The molecule has 0 aliphatic rings. The third-order valence-corrected chi connectivity index (χ3v) is 4.52. The van der Waals surface area contributed by atoms with Gasteiger partial charge in [0.25, 0.3) is 5.91 Å². The zero-order chi connectivity index (χ0) is 23.3. The summed E-state index contributed by atoms with van der Waals surface area (Å²) in [5, 5.41) is 7.73. The Morgan fingerprint density at radius 2 is 1.44 bits per heavy atom. The number of carbonyl (C=O) groups is 2. The maximum absolute atomic E-state index is 13.3. The number of amides is 3. The number of urea groups is 1. The summed E-state index contributed by atoms with van der Waals surface area (Å²) in [6, 6.07) is 12.8. The Morgan fingerprint density at radius 1 is 0.812 bits per heavy atom. The molecule has 0 aliphatic heterocycles. The van der Waals surface area contributed by atoms with Crippen molar-refractivity contribution in [3.63, 3.8) is 0 Å². The van der Waals surface area contributed by atoms with Crippen molar-refractivity contribution >= 4 is 29.0 Å². The summed E-state index contributed by atoms with van der Waals surface area (Å²) >= 11 is 0. The Labute approximate surface area is 183 Å². The Balaban J connectivity index is 1.72. The molecule has 0 saturated heterocycles. The molecule has 3 aromatic rings. The van der Waals surface area contributed by atoms with Crippen LogP contribution in [0.15, 0.2) is 60.7 Å². The van der Waals surface area contributed by atoms with Crippen molar-refractivity contribution in [3.05, 3.63) is 89.2 Å². The smallest absolute Gasteiger partial charge is 0.323 e. The third-order valence-electron chi connectivity index (χ3n) is 4.52. The Morgan fingerprint density at radius 3 is 2.06 bits per heavy atom. The number of carbonyl (C=O) groups excluding carboxylic acids is 2. The SMILES string of the molecule is CN(C)c1ccc(NC(=O)Nc2ccc(F)c(F)c2)cc1C(=O)NCc1ccc(F)cc1. The molecule has 0 aliphatic carbocycles. The highest BCUT2D eigenvalue weighted by Gasteiger charge is 2.15. The first-order chi connectivity index (χ1) is 15.2. The third kappa shape index (κ3) is 5.78. The van der Waals surface area contributed by atoms with E-state index >= 15 is 0 Å². The minimum Gasteiger partial charge on any atom is -0.377 e. The highest BCUT2D eigenvalue weighted by Crippen LogP contribution is 2.23. The van der Waals surface area contributed by atoms with Crippen LogP contribution in [0, 0.1) is 17.5 Å². The molecule has 3 rings (SSSR count). The van der Waals surface area contributed by atoms with Crippen molar-refractivity contribution in [1.82, 2.24) is 5.32 Å². The van der Waals surface area contributed by atoms with Gasteiger partial charge in [0.15, 0.2) is 11.6 Å². The first-order valence-corrected chi connectivity index (χ1v) is 9.60. The van der Waals surface area contributed by atoms with Crippen molar-refractivity contribution in [2.24, 2.45) is 0 Å². The second-order valence-corrected chi connectivity index (χ2v) is 7.14. The average molecular weight is 442 g/mol. The maximum atomic E-state index is 13.3. The van der Waals surface area contributed by atoms with Gasteiger partial charge in [-0.05, 0) is 48.0 Å². The van der Waals surface area contributed by atoms with Crippen LogP contribution >= 0.6 is 0 Å². The van der Waals surface area contributed by atoms with E-state index in [2.05, 4.69) is 16.0 Å². The van der Waals surface area contributed by atoms with Gasteiger partial charge in [-0.3, -0.25) is 4.79 Å². The van der Waals surface area contributed by atoms with Crippen molar-refractivity contribution < 1.29 is 22.8 Å². The number of nitrogens with one attached hydrogen (secondary N) is 3. The van der Waals surface area contributed by atoms with E-state index in [1.165, 1.54) is 24.3 Å². The summed E-state index contributed by atoms with van der Waals surface area (Å²) in [7, 11) is 3.55. The van der Waals surface area contributed by atoms with E-state index in [-0.39, 0.29) is 24.0 Å². The quantitative estimate of drug-likeness (QED) is 0.516. The summed E-state index contributed by atoms with van der Waals surface area (Å²) in [5.41, 5.74) is 2.05. The number of benzene rings is 3. The average Bonchev–Trinajstić information content (AvgIpc) is 2.75. The number of halogens is 3. The van der Waals surface area contributed by atoms with Gasteiger partial charge in [-0.25, -0.2) is 18.0 Å². The molecule has 0 fully saturated rings. The summed E-state index contributed by atoms with van der Waals surface area (Å²) in [5.74, 6) is -2.86. The molecule has 0 saturated carbocycles. The second kappa shape index (κ2) is 9.86. The normalized spacial score (nSPS) is 10.4. The number of hydrogen-bond donors (Lipinski definition) is 3. The molecule has 0 aromatic heterocycles. The maximum Gasteiger partial charge on any atom is 0.323 e. The lowest BCUT2D eigenvalue weighted by molar-refractivity contribution is 0.0951. The molecule has 0 heterocycles. The van der Waals surface area contributed by atoms with Crippen LogP contribution in [0.3, 0.4) is 0 Å². The largest absolute Gasteiger partial charge is 0.377 e. The fraction of sp³-hybridized carbons (Fsp3) is 0.130. The molecule has 0 bridgehead atoms. The van der Waals surface area contributed by atoms with Crippen LogP contribution in [-0.4, -0.2) is 26.0 Å². The van der Waals surface area contributed by atoms with Gasteiger partial charge in [0, 0.05) is 43.8 Å². The van der Waals surface area contributed by atoms with Crippen LogP contribution in [0.1, 0.15) is 15.9 Å². The van der Waals surface area contributed by atoms with E-state index < -0.39 is 17.7 Å². The molecule has 3 aromatic carbocycles. The van der Waals surface area contributed by atoms with E-state index in [0.29, 0.717) is 16.9 Å². The molecule has 32 heavy (non-hydrogen) atoms. The summed E-state index contributed by atoms with van der Waals surface area (Å²) in [6.45, 7) is 0.195. The fourth-order valence-electron chi connectivity index (χ4n) is 2.93. The van der Waals surface area contributed by atoms with Crippen LogP contribution in [0.4, 0.5) is 35.0 Å². The van der Waals surface area contributed by atoms with Gasteiger partial charge in [-0.15, -0.1) is 0 Å². The van der Waals surface area contributed by atoms with Crippen molar-refractivity contribution in [1.29, 1.82) is 0 Å². The van der Waals surface area contributed by atoms with E-state index in [0.717, 1.165) is 17.7 Å². The molecule has 3 N–H and O–H groups in total. The predicted octanol–water partition coefficient (Wildman–Crippen LogP) is 4.74. The van der Waals surface area contributed by atoms with E-state index in [9.17, 15) is 22.8 Å². The Hall–Kier alpha value is -4.01. The zero-order valence-corrected chi connectivity index (χ0v) is 17.4. The summed E-state index contributed by atoms with van der Waals surface area (Å²) in [6.07, 6.45) is 0. The van der Waals surface area contributed by atoms with Crippen LogP contribution < -0.4 is 20.9 Å². The van der Waals surface area contributed by atoms with Gasteiger partial charge < -0.3 is 20.9 Å². The number of hydrogen-bond acceptors (Lipinski definition) is 3. The first-order valence-electron chi connectivity index (χ1n) is 9.60. The molecule has 166 valence electrons. The molecule has 6 nitrogen and oxygen atoms in total.